The molecule has 0 saturated heterocycles. The molecule has 1 heterocycles. The number of carbonyl (C=O) groups excluding carboxylic acids is 1. The lowest BCUT2D eigenvalue weighted by Crippen LogP contribution is -2.29. The molecule has 10 heteroatoms. The summed E-state index contributed by atoms with van der Waals surface area (Å²) in [5.41, 5.74) is 1.57. The minimum absolute atomic E-state index is 0.00967. The number of halogens is 2. The Labute approximate surface area is 187 Å². The van der Waals surface area contributed by atoms with Crippen LogP contribution in [0.5, 0.6) is 0 Å². The summed E-state index contributed by atoms with van der Waals surface area (Å²) in [6.07, 6.45) is 0.857. The van der Waals surface area contributed by atoms with Crippen LogP contribution in [0.4, 0.5) is 4.39 Å². The summed E-state index contributed by atoms with van der Waals surface area (Å²) in [7, 11) is -3.77. The van der Waals surface area contributed by atoms with Crippen molar-refractivity contribution in [3.63, 3.8) is 0 Å². The van der Waals surface area contributed by atoms with Crippen molar-refractivity contribution in [3.05, 3.63) is 82.6 Å². The van der Waals surface area contributed by atoms with E-state index in [9.17, 15) is 22.9 Å². The van der Waals surface area contributed by atoms with Gasteiger partial charge in [-0.15, -0.1) is 0 Å². The fraction of sp³-hybridized carbons (Fsp3) is 0.0455. The molecule has 0 aliphatic heterocycles. The fourth-order valence-electron chi connectivity index (χ4n) is 3.31. The summed E-state index contributed by atoms with van der Waals surface area (Å²) in [6.45, 7) is 0. The average molecular weight is 469 g/mol. The topological polar surface area (TPSA) is 105 Å². The molecule has 7 nitrogen and oxygen atoms in total. The molecule has 0 spiro atoms. The molecule has 0 aliphatic carbocycles. The monoisotopic (exact) mass is 468 g/mol. The number of nitrogens with one attached hydrogen (secondary N) is 1. The van der Waals surface area contributed by atoms with Crippen molar-refractivity contribution < 1.29 is 17.6 Å². The van der Waals surface area contributed by atoms with Crippen molar-refractivity contribution in [2.45, 2.75) is 0 Å². The number of rotatable bonds is 4. The molecule has 0 radical (unpaired) electrons. The zero-order chi connectivity index (χ0) is 23.0. The predicted molar refractivity (Wildman–Crippen MR) is 118 cm³/mol. The molecule has 1 amide bonds. The van der Waals surface area contributed by atoms with Gasteiger partial charge in [0.2, 0.25) is 10.0 Å². The second-order valence-corrected chi connectivity index (χ2v) is 9.13. The molecule has 0 bridgehead atoms. The number of carbonyl (C=O) groups is 1. The maximum atomic E-state index is 14.5. The Morgan fingerprint density at radius 3 is 2.59 bits per heavy atom. The standard InChI is InChI=1S/C22H14ClFN4O3S/c1-32(30,31)27-22(29)13-6-8-19(14(10-13)12-25)28-20-9-7-15(23)11-17(20)21(26-28)16-4-2-3-5-18(16)24/h2-11H,1H3,(H,27,29). The van der Waals surface area contributed by atoms with Crippen molar-refractivity contribution in [2.75, 3.05) is 6.26 Å². The second-order valence-electron chi connectivity index (χ2n) is 6.95. The van der Waals surface area contributed by atoms with Crippen molar-refractivity contribution in [1.29, 1.82) is 5.26 Å². The van der Waals surface area contributed by atoms with E-state index in [2.05, 4.69) is 5.10 Å². The molecule has 0 saturated carbocycles. The van der Waals surface area contributed by atoms with Gasteiger partial charge in [-0.25, -0.2) is 22.2 Å². The molecule has 0 fully saturated rings. The Bertz CT molecular complexity index is 1540. The molecule has 0 atom stereocenters. The number of fused-ring (bicyclic) bond motifs is 1. The van der Waals surface area contributed by atoms with E-state index in [1.807, 2.05) is 10.8 Å². The number of benzene rings is 3. The Balaban J connectivity index is 1.92. The van der Waals surface area contributed by atoms with Gasteiger partial charge in [-0.2, -0.15) is 10.4 Å². The number of amides is 1. The third-order valence-corrected chi connectivity index (χ3v) is 5.45. The van der Waals surface area contributed by atoms with Crippen LogP contribution in [0.1, 0.15) is 15.9 Å². The molecular formula is C22H14ClFN4O3S. The van der Waals surface area contributed by atoms with Gasteiger partial charge in [0.05, 0.1) is 23.0 Å². The summed E-state index contributed by atoms with van der Waals surface area (Å²) in [5, 5.41) is 15.2. The first-order valence-corrected chi connectivity index (χ1v) is 11.4. The van der Waals surface area contributed by atoms with E-state index in [1.165, 1.54) is 28.9 Å². The number of nitrogens with zero attached hydrogens (tertiary/aromatic N) is 3. The first kappa shape index (κ1) is 21.5. The fourth-order valence-corrected chi connectivity index (χ4v) is 3.93. The van der Waals surface area contributed by atoms with Crippen LogP contribution < -0.4 is 4.72 Å². The van der Waals surface area contributed by atoms with Crippen LogP contribution in [-0.4, -0.2) is 30.4 Å². The molecule has 4 aromatic rings. The number of hydrogen-bond acceptors (Lipinski definition) is 5. The van der Waals surface area contributed by atoms with Gasteiger partial charge < -0.3 is 0 Å². The average Bonchev–Trinajstić information content (AvgIpc) is 3.10. The summed E-state index contributed by atoms with van der Waals surface area (Å²) < 4.78 is 40.5. The third-order valence-electron chi connectivity index (χ3n) is 4.66. The zero-order valence-corrected chi connectivity index (χ0v) is 18.1. The molecule has 0 aliphatic rings. The van der Waals surface area contributed by atoms with Crippen molar-refractivity contribution in [1.82, 2.24) is 14.5 Å². The molecule has 0 unspecified atom stereocenters. The first-order valence-electron chi connectivity index (χ1n) is 9.18. The van der Waals surface area contributed by atoms with Crippen LogP contribution in [0.2, 0.25) is 5.02 Å². The van der Waals surface area contributed by atoms with E-state index in [-0.39, 0.29) is 16.7 Å². The van der Waals surface area contributed by atoms with Crippen LogP contribution in [0.25, 0.3) is 27.8 Å². The Kier molecular flexibility index (Phi) is 5.42. The van der Waals surface area contributed by atoms with Gasteiger partial charge in [0.25, 0.3) is 5.91 Å². The normalized spacial score (nSPS) is 11.3. The maximum absolute atomic E-state index is 14.5. The Morgan fingerprint density at radius 2 is 1.91 bits per heavy atom. The van der Waals surface area contributed by atoms with Gasteiger partial charge in [-0.05, 0) is 48.5 Å². The Morgan fingerprint density at radius 1 is 1.16 bits per heavy atom. The number of hydrogen-bond donors (Lipinski definition) is 1. The third kappa shape index (κ3) is 4.06. The van der Waals surface area contributed by atoms with Crippen LogP contribution in [-0.2, 0) is 10.0 Å². The largest absolute Gasteiger partial charge is 0.268 e. The minimum atomic E-state index is -3.77. The molecule has 3 aromatic carbocycles. The highest BCUT2D eigenvalue weighted by molar-refractivity contribution is 7.89. The van der Waals surface area contributed by atoms with Gasteiger partial charge in [0, 0.05) is 21.5 Å². The van der Waals surface area contributed by atoms with Gasteiger partial charge in [0.15, 0.2) is 0 Å². The lowest BCUT2D eigenvalue weighted by Gasteiger charge is -2.08. The van der Waals surface area contributed by atoms with E-state index >= 15 is 0 Å². The zero-order valence-electron chi connectivity index (χ0n) is 16.5. The van der Waals surface area contributed by atoms with Crippen molar-refractivity contribution >= 4 is 38.4 Å². The highest BCUT2D eigenvalue weighted by atomic mass is 35.5. The van der Waals surface area contributed by atoms with Gasteiger partial charge in [-0.1, -0.05) is 23.7 Å². The maximum Gasteiger partial charge on any atom is 0.264 e. The van der Waals surface area contributed by atoms with Crippen molar-refractivity contribution in [3.8, 4) is 23.0 Å². The Hall–Kier alpha value is -3.74. The summed E-state index contributed by atoms with van der Waals surface area (Å²) in [5.74, 6) is -1.33. The van der Waals surface area contributed by atoms with Gasteiger partial charge in [-0.3, -0.25) is 4.79 Å². The van der Waals surface area contributed by atoms with Crippen LogP contribution in [0, 0.1) is 17.1 Å². The molecular weight excluding hydrogens is 455 g/mol. The smallest absolute Gasteiger partial charge is 0.264 e. The number of aromatic nitrogens is 2. The molecule has 32 heavy (non-hydrogen) atoms. The lowest BCUT2D eigenvalue weighted by atomic mass is 10.1. The van der Waals surface area contributed by atoms with E-state index in [0.29, 0.717) is 27.3 Å². The molecule has 160 valence electrons. The summed E-state index contributed by atoms with van der Waals surface area (Å²) in [6, 6.07) is 17.3. The summed E-state index contributed by atoms with van der Waals surface area (Å²) in [4.78, 5) is 12.2. The van der Waals surface area contributed by atoms with Gasteiger partial charge in [0.1, 0.15) is 17.6 Å². The quantitative estimate of drug-likeness (QED) is 0.486. The van der Waals surface area contributed by atoms with E-state index in [0.717, 1.165) is 6.26 Å². The second kappa shape index (κ2) is 8.07. The number of sulfonamides is 1. The minimum Gasteiger partial charge on any atom is -0.268 e. The summed E-state index contributed by atoms with van der Waals surface area (Å²) >= 11 is 6.16. The predicted octanol–water partition coefficient (Wildman–Crippen LogP) is 4.05. The highest BCUT2D eigenvalue weighted by Crippen LogP contribution is 2.33. The van der Waals surface area contributed by atoms with Crippen LogP contribution in [0.3, 0.4) is 0 Å². The molecule has 4 rings (SSSR count). The van der Waals surface area contributed by atoms with E-state index in [4.69, 9.17) is 11.6 Å². The van der Waals surface area contributed by atoms with E-state index < -0.39 is 21.7 Å². The van der Waals surface area contributed by atoms with Crippen LogP contribution >= 0.6 is 11.6 Å². The van der Waals surface area contributed by atoms with Gasteiger partial charge >= 0.3 is 0 Å². The van der Waals surface area contributed by atoms with Crippen LogP contribution in [0.15, 0.2) is 60.7 Å². The van der Waals surface area contributed by atoms with E-state index in [1.54, 1.807) is 36.4 Å². The SMILES string of the molecule is CS(=O)(=O)NC(=O)c1ccc(-n2nc(-c3ccccc3F)c3cc(Cl)ccc32)c(C#N)c1. The molecule has 1 N–H and O–H groups in total. The lowest BCUT2D eigenvalue weighted by molar-refractivity contribution is 0.0981. The number of nitriles is 1. The highest BCUT2D eigenvalue weighted by Gasteiger charge is 2.20. The van der Waals surface area contributed by atoms with Crippen molar-refractivity contribution in [2.24, 2.45) is 0 Å². The first-order chi connectivity index (χ1) is 15.2. The molecule has 1 aromatic heterocycles.